The summed E-state index contributed by atoms with van der Waals surface area (Å²) in [5, 5.41) is 12.1. The predicted molar refractivity (Wildman–Crippen MR) is 113 cm³/mol. The second-order valence-electron chi connectivity index (χ2n) is 7.33. The molecule has 184 valence electrons. The zero-order chi connectivity index (χ0) is 25.3. The van der Waals surface area contributed by atoms with Crippen LogP contribution in [0.4, 0.5) is 13.2 Å². The third-order valence-electron chi connectivity index (χ3n) is 5.00. The molecule has 15 heteroatoms. The molecule has 0 fully saturated rings. The van der Waals surface area contributed by atoms with Crippen molar-refractivity contribution in [3.8, 4) is 17.4 Å². The number of aromatic nitrogens is 8. The van der Waals surface area contributed by atoms with Gasteiger partial charge in [-0.2, -0.15) is 22.8 Å². The monoisotopic (exact) mass is 491 g/mol. The van der Waals surface area contributed by atoms with Crippen molar-refractivity contribution in [3.05, 3.63) is 59.5 Å². The minimum atomic E-state index is -4.72. The smallest absolute Gasteiger partial charge is 0.451 e. The van der Waals surface area contributed by atoms with Gasteiger partial charge in [-0.1, -0.05) is 0 Å². The molecule has 1 atom stereocenters. The Labute approximate surface area is 196 Å². The largest absolute Gasteiger partial charge is 0.497 e. The second-order valence-corrected chi connectivity index (χ2v) is 7.33. The van der Waals surface area contributed by atoms with E-state index in [9.17, 15) is 18.0 Å². The molecule has 1 aromatic carbocycles. The maximum atomic E-state index is 13.1. The average Bonchev–Trinajstić information content (AvgIpc) is 3.56. The Hall–Kier alpha value is -4.43. The number of H-pyrrole nitrogens is 1. The Balaban J connectivity index is 1.68. The molecule has 0 saturated heterocycles. The van der Waals surface area contributed by atoms with E-state index in [2.05, 4.69) is 30.5 Å². The number of rotatable bonds is 7. The fourth-order valence-electron chi connectivity index (χ4n) is 3.29. The van der Waals surface area contributed by atoms with Gasteiger partial charge in [0.05, 0.1) is 14.2 Å². The van der Waals surface area contributed by atoms with Crippen LogP contribution in [-0.4, -0.2) is 59.6 Å². The number of hydrogen-bond acceptors (Lipinski definition) is 8. The zero-order valence-electron chi connectivity index (χ0n) is 19.0. The first kappa shape index (κ1) is 23.7. The number of nitrogens with one attached hydrogen (secondary N) is 2. The summed E-state index contributed by atoms with van der Waals surface area (Å²) < 4.78 is 51.9. The van der Waals surface area contributed by atoms with Gasteiger partial charge < -0.3 is 19.4 Å². The quantitative estimate of drug-likeness (QED) is 0.400. The zero-order valence-corrected chi connectivity index (χ0v) is 19.0. The molecular weight excluding hydrogens is 471 g/mol. The highest BCUT2D eigenvalue weighted by molar-refractivity contribution is 5.91. The molecule has 0 unspecified atom stereocenters. The lowest BCUT2D eigenvalue weighted by Gasteiger charge is -2.20. The summed E-state index contributed by atoms with van der Waals surface area (Å²) >= 11 is 0. The maximum Gasteiger partial charge on any atom is 0.451 e. The number of methoxy groups -OCH3 is 2. The highest BCUT2D eigenvalue weighted by Gasteiger charge is 2.36. The number of imidazole rings is 1. The lowest BCUT2D eigenvalue weighted by molar-refractivity contribution is -0.144. The van der Waals surface area contributed by atoms with Gasteiger partial charge in [0.25, 0.3) is 11.9 Å². The molecule has 3 aromatic heterocycles. The van der Waals surface area contributed by atoms with E-state index >= 15 is 0 Å². The van der Waals surface area contributed by atoms with Crippen LogP contribution in [0.1, 0.15) is 39.7 Å². The van der Waals surface area contributed by atoms with Crippen LogP contribution in [-0.2, 0) is 13.2 Å². The lowest BCUT2D eigenvalue weighted by atomic mass is 10.0. The van der Waals surface area contributed by atoms with Gasteiger partial charge in [-0.05, 0) is 24.6 Å². The van der Waals surface area contributed by atoms with Crippen LogP contribution in [0.3, 0.4) is 0 Å². The summed E-state index contributed by atoms with van der Waals surface area (Å²) in [6.45, 7) is 1.45. The van der Waals surface area contributed by atoms with Crippen LogP contribution < -0.4 is 14.8 Å². The number of nitrogens with zero attached hydrogens (tertiary/aromatic N) is 7. The van der Waals surface area contributed by atoms with Crippen LogP contribution in [0.25, 0.3) is 5.95 Å². The normalized spacial score (nSPS) is 12.4. The van der Waals surface area contributed by atoms with Crippen LogP contribution in [0, 0.1) is 6.92 Å². The van der Waals surface area contributed by atoms with E-state index in [4.69, 9.17) is 9.47 Å². The van der Waals surface area contributed by atoms with E-state index in [0.717, 1.165) is 4.68 Å². The topological polar surface area (TPSA) is 138 Å². The van der Waals surface area contributed by atoms with Gasteiger partial charge in [0.15, 0.2) is 0 Å². The van der Waals surface area contributed by atoms with Crippen LogP contribution in [0.15, 0.2) is 30.6 Å². The molecule has 1 amide bonds. The van der Waals surface area contributed by atoms with E-state index in [0.29, 0.717) is 22.9 Å². The molecule has 0 spiro atoms. The first-order chi connectivity index (χ1) is 16.6. The molecule has 0 aliphatic heterocycles. The number of ether oxygens (including phenoxy) is 2. The number of alkyl halides is 3. The molecule has 4 rings (SSSR count). The molecule has 4 aromatic rings. The third-order valence-corrected chi connectivity index (χ3v) is 5.00. The van der Waals surface area contributed by atoms with Crippen molar-refractivity contribution in [1.82, 2.24) is 44.8 Å². The van der Waals surface area contributed by atoms with Gasteiger partial charge in [-0.25, -0.2) is 9.97 Å². The summed E-state index contributed by atoms with van der Waals surface area (Å²) in [6.07, 6.45) is -1.43. The predicted octanol–water partition coefficient (Wildman–Crippen LogP) is 1.98. The number of carbonyl (C=O) groups is 1. The fourth-order valence-corrected chi connectivity index (χ4v) is 3.29. The molecule has 0 saturated carbocycles. The summed E-state index contributed by atoms with van der Waals surface area (Å²) in [5.41, 5.74) is 0.601. The Morgan fingerprint density at radius 3 is 2.37 bits per heavy atom. The van der Waals surface area contributed by atoms with E-state index < -0.39 is 29.9 Å². The van der Waals surface area contributed by atoms with Gasteiger partial charge >= 0.3 is 6.18 Å². The summed E-state index contributed by atoms with van der Waals surface area (Å²) in [5.74, 6) is -1.10. The summed E-state index contributed by atoms with van der Waals surface area (Å²) in [4.78, 5) is 24.9. The number of carbonyl (C=O) groups excluding carboxylic acids is 1. The Kier molecular flexibility index (Phi) is 6.15. The average molecular weight is 491 g/mol. The SMILES string of the molecule is COc1cc(OC)cc([C@@H](NC(=O)c2nc(C)n(-c3n[nH]c(C(F)(F)F)n3)n2)c2nccn2C)c1. The molecular formula is C20H20F3N9O3. The van der Waals surface area contributed by atoms with E-state index in [1.165, 1.54) is 21.1 Å². The van der Waals surface area contributed by atoms with Gasteiger partial charge in [0, 0.05) is 25.5 Å². The fraction of sp³-hybridized carbons (Fsp3) is 0.300. The standard InChI is InChI=1S/C20H20F3N9O3/c1-10-25-15(30-32(10)19-27-18(28-29-19)20(21,22)23)17(33)26-14(16-24-5-6-31(16)2)11-7-12(34-3)9-13(8-11)35-4/h5-9,14H,1-4H3,(H,26,33)(H,27,28,29)/t14-/m1/s1. The Morgan fingerprint density at radius 2 is 1.83 bits per heavy atom. The van der Waals surface area contributed by atoms with Crippen LogP contribution in [0.5, 0.6) is 11.5 Å². The van der Waals surface area contributed by atoms with Crippen LogP contribution in [0.2, 0.25) is 0 Å². The number of aryl methyl sites for hydroxylation is 2. The van der Waals surface area contributed by atoms with Crippen LogP contribution >= 0.6 is 0 Å². The lowest BCUT2D eigenvalue weighted by Crippen LogP contribution is -2.32. The van der Waals surface area contributed by atoms with Crippen molar-refractivity contribution in [2.24, 2.45) is 7.05 Å². The van der Waals surface area contributed by atoms with Gasteiger partial charge in [0.1, 0.15) is 29.2 Å². The van der Waals surface area contributed by atoms with Crippen molar-refractivity contribution in [3.63, 3.8) is 0 Å². The Morgan fingerprint density at radius 1 is 1.14 bits per heavy atom. The Bertz CT molecular complexity index is 1340. The highest BCUT2D eigenvalue weighted by atomic mass is 19.4. The molecule has 0 radical (unpaired) electrons. The van der Waals surface area contributed by atoms with Crippen molar-refractivity contribution in [1.29, 1.82) is 0 Å². The number of aromatic amines is 1. The highest BCUT2D eigenvalue weighted by Crippen LogP contribution is 2.30. The van der Waals surface area contributed by atoms with E-state index in [1.54, 1.807) is 47.3 Å². The second kappa shape index (κ2) is 9.08. The molecule has 0 aliphatic carbocycles. The van der Waals surface area contributed by atoms with Gasteiger partial charge in [0.2, 0.25) is 11.6 Å². The van der Waals surface area contributed by atoms with Crippen molar-refractivity contribution >= 4 is 5.91 Å². The number of amides is 1. The number of benzene rings is 1. The minimum absolute atomic E-state index is 0.111. The maximum absolute atomic E-state index is 13.1. The molecule has 2 N–H and O–H groups in total. The first-order valence-electron chi connectivity index (χ1n) is 10.1. The molecule has 0 aliphatic rings. The van der Waals surface area contributed by atoms with E-state index in [-0.39, 0.29) is 11.6 Å². The molecule has 12 nitrogen and oxygen atoms in total. The van der Waals surface area contributed by atoms with Crippen molar-refractivity contribution < 1.29 is 27.4 Å². The van der Waals surface area contributed by atoms with Crippen molar-refractivity contribution in [2.45, 2.75) is 19.1 Å². The number of hydrogen-bond donors (Lipinski definition) is 2. The van der Waals surface area contributed by atoms with Gasteiger partial charge in [-0.15, -0.1) is 10.2 Å². The summed E-state index contributed by atoms with van der Waals surface area (Å²) in [7, 11) is 4.76. The molecule has 0 bridgehead atoms. The molecule has 35 heavy (non-hydrogen) atoms. The molecule has 3 heterocycles. The number of halogens is 3. The van der Waals surface area contributed by atoms with Gasteiger partial charge in [-0.3, -0.25) is 9.89 Å². The third kappa shape index (κ3) is 4.78. The minimum Gasteiger partial charge on any atom is -0.497 e. The van der Waals surface area contributed by atoms with Crippen molar-refractivity contribution in [2.75, 3.05) is 14.2 Å². The summed E-state index contributed by atoms with van der Waals surface area (Å²) in [6, 6.07) is 4.34. The first-order valence-corrected chi connectivity index (χ1v) is 10.1. The van der Waals surface area contributed by atoms with E-state index in [1.807, 2.05) is 0 Å².